The summed E-state index contributed by atoms with van der Waals surface area (Å²) in [5.74, 6) is 0.164. The summed E-state index contributed by atoms with van der Waals surface area (Å²) in [5.41, 5.74) is 8.06. The first kappa shape index (κ1) is 14.2. The molecule has 0 radical (unpaired) electrons. The second kappa shape index (κ2) is 6.32. The molecule has 0 aliphatic heterocycles. The number of hydrogen-bond acceptors (Lipinski definition) is 3. The van der Waals surface area contributed by atoms with Crippen molar-refractivity contribution in [3.05, 3.63) is 56.5 Å². The first-order chi connectivity index (χ1) is 9.11. The van der Waals surface area contributed by atoms with E-state index in [-0.39, 0.29) is 5.75 Å². The van der Waals surface area contributed by atoms with Gasteiger partial charge in [-0.05, 0) is 39.7 Å². The number of nitrogens with zero attached hydrogens (tertiary/aromatic N) is 1. The molecule has 0 fully saturated rings. The second-order valence-electron chi connectivity index (χ2n) is 3.92. The molecule has 0 amide bonds. The Labute approximate surface area is 128 Å². The normalized spacial score (nSPS) is 11.1. The average Bonchev–Trinajstić information content (AvgIpc) is 2.41. The lowest BCUT2D eigenvalue weighted by molar-refractivity contribution is 0.471. The van der Waals surface area contributed by atoms with Gasteiger partial charge in [-0.1, -0.05) is 34.1 Å². The van der Waals surface area contributed by atoms with Gasteiger partial charge < -0.3 is 10.8 Å². The molecule has 3 nitrogen and oxygen atoms in total. The predicted octanol–water partition coefficient (Wildman–Crippen LogP) is 4.13. The average molecular weight is 384 g/mol. The molecule has 2 rings (SSSR count). The maximum atomic E-state index is 9.94. The molecule has 5 heteroatoms. The molecule has 0 aliphatic rings. The molecule has 0 aliphatic carbocycles. The minimum atomic E-state index is 0.164. The van der Waals surface area contributed by atoms with E-state index in [9.17, 15) is 5.11 Å². The Balaban J connectivity index is 2.38. The van der Waals surface area contributed by atoms with E-state index < -0.39 is 0 Å². The van der Waals surface area contributed by atoms with Crippen molar-refractivity contribution in [1.82, 2.24) is 0 Å². The molecule has 98 valence electrons. The van der Waals surface area contributed by atoms with Crippen molar-refractivity contribution in [3.8, 4) is 5.75 Å². The van der Waals surface area contributed by atoms with Crippen molar-refractivity contribution >= 4 is 43.8 Å². The fraction of sp³-hybridized carbons (Fsp3) is 0.0714. The summed E-state index contributed by atoms with van der Waals surface area (Å²) >= 11 is 6.67. The van der Waals surface area contributed by atoms with Crippen LogP contribution in [-0.4, -0.2) is 11.3 Å². The van der Waals surface area contributed by atoms with Gasteiger partial charge >= 0.3 is 0 Å². The van der Waals surface area contributed by atoms with E-state index in [1.54, 1.807) is 18.3 Å². The third-order valence-corrected chi connectivity index (χ3v) is 3.67. The Morgan fingerprint density at radius 1 is 1.21 bits per heavy atom. The van der Waals surface area contributed by atoms with Crippen LogP contribution >= 0.6 is 31.9 Å². The summed E-state index contributed by atoms with van der Waals surface area (Å²) in [6.07, 6.45) is 1.62. The van der Waals surface area contributed by atoms with Gasteiger partial charge in [0.1, 0.15) is 5.75 Å². The number of aliphatic imine (C=N–C) groups is 1. The highest BCUT2D eigenvalue weighted by Crippen LogP contribution is 2.31. The number of phenols is 1. The van der Waals surface area contributed by atoms with Gasteiger partial charge in [0.2, 0.25) is 0 Å². The molecule has 0 atom stereocenters. The van der Waals surface area contributed by atoms with Gasteiger partial charge in [0.05, 0.1) is 10.2 Å². The number of rotatable bonds is 3. The van der Waals surface area contributed by atoms with Crippen molar-refractivity contribution in [2.24, 2.45) is 10.7 Å². The van der Waals surface area contributed by atoms with Crippen LogP contribution in [0.25, 0.3) is 0 Å². The molecule has 0 heterocycles. The largest absolute Gasteiger partial charge is 0.506 e. The number of hydrogen-bond donors (Lipinski definition) is 2. The van der Waals surface area contributed by atoms with E-state index >= 15 is 0 Å². The van der Waals surface area contributed by atoms with E-state index in [0.717, 1.165) is 15.7 Å². The van der Waals surface area contributed by atoms with E-state index in [1.165, 1.54) is 0 Å². The Kier molecular flexibility index (Phi) is 4.74. The Bertz CT molecular complexity index is 627. The highest BCUT2D eigenvalue weighted by Gasteiger charge is 2.05. The number of para-hydroxylation sites is 1. The molecular weight excluding hydrogens is 372 g/mol. The van der Waals surface area contributed by atoms with E-state index in [2.05, 4.69) is 36.9 Å². The number of benzene rings is 2. The van der Waals surface area contributed by atoms with Gasteiger partial charge in [-0.2, -0.15) is 0 Å². The van der Waals surface area contributed by atoms with Crippen LogP contribution in [0.3, 0.4) is 0 Å². The topological polar surface area (TPSA) is 58.6 Å². The molecule has 19 heavy (non-hydrogen) atoms. The van der Waals surface area contributed by atoms with Crippen molar-refractivity contribution in [2.75, 3.05) is 0 Å². The Hall–Kier alpha value is -1.17. The first-order valence-corrected chi connectivity index (χ1v) is 7.20. The molecule has 0 aromatic heterocycles. The van der Waals surface area contributed by atoms with Crippen LogP contribution in [0.4, 0.5) is 5.69 Å². The van der Waals surface area contributed by atoms with E-state index in [1.807, 2.05) is 24.3 Å². The summed E-state index contributed by atoms with van der Waals surface area (Å²) in [5, 5.41) is 9.94. The van der Waals surface area contributed by atoms with Gasteiger partial charge in [-0.15, -0.1) is 0 Å². The van der Waals surface area contributed by atoms with Crippen molar-refractivity contribution in [3.63, 3.8) is 0 Å². The van der Waals surface area contributed by atoms with Crippen molar-refractivity contribution in [2.45, 2.75) is 6.54 Å². The zero-order chi connectivity index (χ0) is 13.8. The maximum Gasteiger partial charge on any atom is 0.138 e. The Morgan fingerprint density at radius 3 is 2.68 bits per heavy atom. The summed E-state index contributed by atoms with van der Waals surface area (Å²) in [4.78, 5) is 4.38. The standard InChI is InChI=1S/C14H12Br2N2O/c15-11-5-10(14(19)12(16)6-11)8-18-13-4-2-1-3-9(13)7-17/h1-6,8,19H,7,17H2/b18-8+. The van der Waals surface area contributed by atoms with Crippen LogP contribution in [0.15, 0.2) is 50.3 Å². The molecule has 2 aromatic rings. The maximum absolute atomic E-state index is 9.94. The summed E-state index contributed by atoms with van der Waals surface area (Å²) in [6, 6.07) is 11.2. The Morgan fingerprint density at radius 2 is 1.95 bits per heavy atom. The lowest BCUT2D eigenvalue weighted by atomic mass is 10.2. The van der Waals surface area contributed by atoms with E-state index in [0.29, 0.717) is 16.6 Å². The van der Waals surface area contributed by atoms with Crippen LogP contribution in [0.2, 0.25) is 0 Å². The molecule has 0 unspecified atom stereocenters. The second-order valence-corrected chi connectivity index (χ2v) is 5.69. The minimum absolute atomic E-state index is 0.164. The molecule has 0 bridgehead atoms. The van der Waals surface area contributed by atoms with Gasteiger partial charge in [0.25, 0.3) is 0 Å². The number of phenolic OH excluding ortho intramolecular Hbond substituents is 1. The van der Waals surface area contributed by atoms with Crippen LogP contribution in [0.5, 0.6) is 5.75 Å². The van der Waals surface area contributed by atoms with Gasteiger partial charge in [0.15, 0.2) is 0 Å². The zero-order valence-corrected chi connectivity index (χ0v) is 13.1. The van der Waals surface area contributed by atoms with Crippen molar-refractivity contribution < 1.29 is 5.11 Å². The van der Waals surface area contributed by atoms with Gasteiger partial charge in [-0.3, -0.25) is 4.99 Å². The SMILES string of the molecule is NCc1ccccc1/N=C/c1cc(Br)cc(Br)c1O. The fourth-order valence-corrected chi connectivity index (χ4v) is 2.89. The number of aromatic hydroxyl groups is 1. The number of nitrogens with two attached hydrogens (primary N) is 1. The molecule has 2 aromatic carbocycles. The van der Waals surface area contributed by atoms with E-state index in [4.69, 9.17) is 5.73 Å². The third-order valence-electron chi connectivity index (χ3n) is 2.61. The minimum Gasteiger partial charge on any atom is -0.506 e. The molecule has 0 saturated carbocycles. The van der Waals surface area contributed by atoms with Crippen LogP contribution in [0, 0.1) is 0 Å². The zero-order valence-electron chi connectivity index (χ0n) is 9.98. The molecule has 0 saturated heterocycles. The van der Waals surface area contributed by atoms with Crippen LogP contribution in [-0.2, 0) is 6.54 Å². The monoisotopic (exact) mass is 382 g/mol. The van der Waals surface area contributed by atoms with Gasteiger partial charge in [0, 0.05) is 22.8 Å². The lowest BCUT2D eigenvalue weighted by Crippen LogP contribution is -1.96. The summed E-state index contributed by atoms with van der Waals surface area (Å²) in [7, 11) is 0. The fourth-order valence-electron chi connectivity index (χ4n) is 1.63. The summed E-state index contributed by atoms with van der Waals surface area (Å²) in [6.45, 7) is 0.432. The molecular formula is C14H12Br2N2O. The highest BCUT2D eigenvalue weighted by molar-refractivity contribution is 9.11. The predicted molar refractivity (Wildman–Crippen MR) is 85.1 cm³/mol. The molecule has 3 N–H and O–H groups in total. The van der Waals surface area contributed by atoms with Crippen LogP contribution in [0.1, 0.15) is 11.1 Å². The molecule has 0 spiro atoms. The quantitative estimate of drug-likeness (QED) is 0.783. The van der Waals surface area contributed by atoms with Crippen LogP contribution < -0.4 is 5.73 Å². The van der Waals surface area contributed by atoms with Gasteiger partial charge in [-0.25, -0.2) is 0 Å². The highest BCUT2D eigenvalue weighted by atomic mass is 79.9. The van der Waals surface area contributed by atoms with Crippen molar-refractivity contribution in [1.29, 1.82) is 0 Å². The smallest absolute Gasteiger partial charge is 0.138 e. The number of halogens is 2. The first-order valence-electron chi connectivity index (χ1n) is 5.62. The third kappa shape index (κ3) is 3.43. The lowest BCUT2D eigenvalue weighted by Gasteiger charge is -2.04. The summed E-state index contributed by atoms with van der Waals surface area (Å²) < 4.78 is 1.49.